The number of anilines is 2. The monoisotopic (exact) mass is 634 g/mol. The van der Waals surface area contributed by atoms with Crippen LogP contribution >= 0.6 is 0 Å². The Morgan fingerprint density at radius 3 is 2.31 bits per heavy atom. The minimum atomic E-state index is -3.67. The van der Waals surface area contributed by atoms with Crippen LogP contribution < -0.4 is 16.0 Å². The number of nitrogens with one attached hydrogen (secondary N) is 1. The van der Waals surface area contributed by atoms with Gasteiger partial charge in [0.1, 0.15) is 23.9 Å². The first-order valence-electron chi connectivity index (χ1n) is 14.8. The first kappa shape index (κ1) is 35.6. The van der Waals surface area contributed by atoms with Crippen LogP contribution in [0.25, 0.3) is 0 Å². The zero-order valence-corrected chi connectivity index (χ0v) is 25.8. The third-order valence-electron chi connectivity index (χ3n) is 8.19. The van der Waals surface area contributed by atoms with Gasteiger partial charge in [-0.3, -0.25) is 14.9 Å². The molecule has 0 saturated carbocycles. The van der Waals surface area contributed by atoms with E-state index in [9.17, 15) is 22.0 Å². The predicted molar refractivity (Wildman–Crippen MR) is 173 cm³/mol. The molecule has 4 heterocycles. The van der Waals surface area contributed by atoms with E-state index in [0.717, 1.165) is 57.3 Å². The van der Waals surface area contributed by atoms with E-state index in [4.69, 9.17) is 5.73 Å². The van der Waals surface area contributed by atoms with E-state index < -0.39 is 18.3 Å². The molecule has 0 aliphatic carbocycles. The Bertz CT molecular complexity index is 1290. The molecule has 0 radical (unpaired) electrons. The van der Waals surface area contributed by atoms with Gasteiger partial charge >= 0.3 is 6.68 Å². The summed E-state index contributed by atoms with van der Waals surface area (Å²) >= 11 is 0. The molecule has 5 rings (SSSR count). The molecule has 13 heteroatoms. The van der Waals surface area contributed by atoms with E-state index in [1.54, 1.807) is 6.07 Å². The van der Waals surface area contributed by atoms with Crippen LogP contribution in [0.15, 0.2) is 65.6 Å². The van der Waals surface area contributed by atoms with Crippen LogP contribution in [-0.4, -0.2) is 86.9 Å². The predicted octanol–water partition coefficient (Wildman–Crippen LogP) is 6.29. The van der Waals surface area contributed by atoms with Crippen LogP contribution in [0.2, 0.25) is 0 Å². The largest absolute Gasteiger partial charge is 0.402 e. The number of piperidine rings is 1. The van der Waals surface area contributed by atoms with Gasteiger partial charge in [0, 0.05) is 50.7 Å². The Hall–Kier alpha value is -3.84. The number of halogens is 5. The average molecular weight is 635 g/mol. The highest BCUT2D eigenvalue weighted by molar-refractivity contribution is 6.12. The minimum Gasteiger partial charge on any atom is -0.402 e. The Labute approximate surface area is 262 Å². The number of likely N-dealkylation sites (tertiary alicyclic amines) is 2. The maximum Gasteiger partial charge on any atom is 0.379 e. The molecule has 3 N–H and O–H groups in total. The van der Waals surface area contributed by atoms with E-state index >= 15 is 0 Å². The molecular formula is C32H43F5N8. The van der Waals surface area contributed by atoms with Gasteiger partial charge in [0.15, 0.2) is 11.6 Å². The Morgan fingerprint density at radius 2 is 1.76 bits per heavy atom. The van der Waals surface area contributed by atoms with E-state index in [1.165, 1.54) is 32.0 Å². The summed E-state index contributed by atoms with van der Waals surface area (Å²) < 4.78 is 58.7. The van der Waals surface area contributed by atoms with Crippen LogP contribution in [-0.2, 0) is 6.54 Å². The van der Waals surface area contributed by atoms with E-state index in [-0.39, 0.29) is 18.1 Å². The summed E-state index contributed by atoms with van der Waals surface area (Å²) in [5.41, 5.74) is 8.16. The number of hydrogen-bond donors (Lipinski definition) is 2. The molecule has 3 aliphatic rings. The molecule has 1 spiro atoms. The zero-order chi connectivity index (χ0) is 33.0. The van der Waals surface area contributed by atoms with Crippen molar-refractivity contribution < 1.29 is 22.0 Å². The van der Waals surface area contributed by atoms with Gasteiger partial charge in [0.2, 0.25) is 0 Å². The van der Waals surface area contributed by atoms with Crippen molar-refractivity contribution in [2.24, 2.45) is 21.1 Å². The number of hydrogen-bond acceptors (Lipinski definition) is 8. The fraction of sp³-hybridized carbons (Fsp3) is 0.469. The van der Waals surface area contributed by atoms with Crippen molar-refractivity contribution in [2.45, 2.75) is 38.9 Å². The molecule has 0 unspecified atom stereocenters. The minimum absolute atomic E-state index is 0.0304. The van der Waals surface area contributed by atoms with Crippen LogP contribution in [0.5, 0.6) is 0 Å². The van der Waals surface area contributed by atoms with Gasteiger partial charge in [0.05, 0.1) is 5.69 Å². The molecule has 3 aliphatic heterocycles. The van der Waals surface area contributed by atoms with Crippen LogP contribution in [0.4, 0.5) is 39.1 Å². The number of nitrogens with zero attached hydrogens (tertiary/aromatic N) is 6. The van der Waals surface area contributed by atoms with Crippen molar-refractivity contribution in [1.82, 2.24) is 14.8 Å². The second-order valence-corrected chi connectivity index (χ2v) is 11.3. The van der Waals surface area contributed by atoms with Gasteiger partial charge in [0.25, 0.3) is 0 Å². The van der Waals surface area contributed by atoms with Crippen molar-refractivity contribution in [3.05, 3.63) is 72.6 Å². The summed E-state index contributed by atoms with van der Waals surface area (Å²) in [5.74, 6) is -0.677. The summed E-state index contributed by atoms with van der Waals surface area (Å²) in [6.45, 7) is 13.0. The summed E-state index contributed by atoms with van der Waals surface area (Å²) in [6, 6.07) is 6.89. The summed E-state index contributed by atoms with van der Waals surface area (Å²) in [5, 5.41) is 3.11. The van der Waals surface area contributed by atoms with Crippen molar-refractivity contribution in [3.8, 4) is 0 Å². The standard InChI is InChI=1S/C29H38F2N8.C2H4.CHF3/c1-33-28-23(30)13-22(14-25(28)39-9-3-4-10-39)27(24(31)15-32)36-20-35-26-6-5-21(16-34-26)17-38-18-29(19-38)7-11-37(2)12-8-29;1-2;2-1(3)4/h5-6,13-16H,1,3-4,7-12,17-20,32H2,2H3,(H,34,35);1-2H2;1H/b24-15+,36-27-;;. The number of aliphatic imine (C=N–C) groups is 2. The van der Waals surface area contributed by atoms with Crippen LogP contribution in [0, 0.1) is 11.2 Å². The molecule has 0 bridgehead atoms. The van der Waals surface area contributed by atoms with Gasteiger partial charge in [-0.15, -0.1) is 13.2 Å². The lowest BCUT2D eigenvalue weighted by Gasteiger charge is -2.54. The molecule has 2 aromatic rings. The van der Waals surface area contributed by atoms with Crippen molar-refractivity contribution >= 4 is 29.6 Å². The molecular weight excluding hydrogens is 591 g/mol. The molecule has 246 valence electrons. The molecule has 0 atom stereocenters. The van der Waals surface area contributed by atoms with E-state index in [1.807, 2.05) is 17.2 Å². The Kier molecular flexibility index (Phi) is 13.5. The lowest BCUT2D eigenvalue weighted by atomic mass is 9.72. The number of allylic oxidation sites excluding steroid dienone is 1. The lowest BCUT2D eigenvalue weighted by molar-refractivity contribution is -0.0471. The smallest absolute Gasteiger partial charge is 0.379 e. The Morgan fingerprint density at radius 1 is 1.11 bits per heavy atom. The van der Waals surface area contributed by atoms with Gasteiger partial charge < -0.3 is 20.9 Å². The first-order valence-corrected chi connectivity index (χ1v) is 14.8. The number of rotatable bonds is 9. The fourth-order valence-corrected chi connectivity index (χ4v) is 5.96. The quantitative estimate of drug-likeness (QED) is 0.192. The number of alkyl halides is 3. The van der Waals surface area contributed by atoms with E-state index in [2.05, 4.69) is 63.1 Å². The molecule has 1 aromatic carbocycles. The molecule has 0 amide bonds. The highest BCUT2D eigenvalue weighted by atomic mass is 19.4. The van der Waals surface area contributed by atoms with Gasteiger partial charge in [-0.2, -0.15) is 13.2 Å². The summed E-state index contributed by atoms with van der Waals surface area (Å²) in [4.78, 5) is 19.7. The lowest BCUT2D eigenvalue weighted by Crippen LogP contribution is -2.59. The normalized spacial score (nSPS) is 18.5. The Balaban J connectivity index is 0.000000853. The fourth-order valence-electron chi connectivity index (χ4n) is 5.96. The number of nitrogens with two attached hydrogens (primary N) is 1. The highest BCUT2D eigenvalue weighted by Crippen LogP contribution is 2.40. The second-order valence-electron chi connectivity index (χ2n) is 11.3. The average Bonchev–Trinajstić information content (AvgIpc) is 3.56. The van der Waals surface area contributed by atoms with Crippen LogP contribution in [0.1, 0.15) is 36.8 Å². The highest BCUT2D eigenvalue weighted by Gasteiger charge is 2.43. The van der Waals surface area contributed by atoms with Gasteiger partial charge in [-0.05, 0) is 81.7 Å². The maximum atomic E-state index is 14.9. The van der Waals surface area contributed by atoms with E-state index in [0.29, 0.717) is 22.5 Å². The SMILES string of the molecule is C=C.C=Nc1c(F)cc(C(=N/CNc2ccc(CN3CC4(CCN(C)CC4)C3)cn2)/C(F)=C\N)cc1N1CCCC1.FC(F)F. The third kappa shape index (κ3) is 9.82. The summed E-state index contributed by atoms with van der Waals surface area (Å²) in [6.07, 6.45) is 7.28. The molecule has 45 heavy (non-hydrogen) atoms. The number of pyridine rings is 1. The first-order chi connectivity index (χ1) is 21.6. The molecule has 3 saturated heterocycles. The number of aromatic nitrogens is 1. The van der Waals surface area contributed by atoms with Crippen molar-refractivity contribution in [1.29, 1.82) is 0 Å². The summed E-state index contributed by atoms with van der Waals surface area (Å²) in [7, 11) is 2.20. The third-order valence-corrected chi connectivity index (χ3v) is 8.19. The van der Waals surface area contributed by atoms with Gasteiger partial charge in [-0.1, -0.05) is 6.07 Å². The van der Waals surface area contributed by atoms with Gasteiger partial charge in [-0.25, -0.2) is 13.8 Å². The molecule has 3 fully saturated rings. The maximum absolute atomic E-state index is 14.9. The topological polar surface area (TPSA) is 85.4 Å². The van der Waals surface area contributed by atoms with Crippen LogP contribution in [0.3, 0.4) is 0 Å². The molecule has 8 nitrogen and oxygen atoms in total. The van der Waals surface area contributed by atoms with Crippen molar-refractivity contribution in [2.75, 3.05) is 63.2 Å². The zero-order valence-electron chi connectivity index (χ0n) is 25.8. The molecule has 1 aromatic heterocycles. The number of benzene rings is 1. The van der Waals surface area contributed by atoms with Crippen molar-refractivity contribution in [3.63, 3.8) is 0 Å². The second kappa shape index (κ2) is 17.0.